The van der Waals surface area contributed by atoms with Gasteiger partial charge in [0.25, 0.3) is 17.0 Å². The van der Waals surface area contributed by atoms with Gasteiger partial charge in [-0.1, -0.05) is 18.2 Å². The van der Waals surface area contributed by atoms with Gasteiger partial charge in [-0.25, -0.2) is 0 Å². The van der Waals surface area contributed by atoms with Crippen LogP contribution in [0.3, 0.4) is 0 Å². The maximum atomic E-state index is 12.8. The van der Waals surface area contributed by atoms with Crippen LogP contribution in [0.15, 0.2) is 64.3 Å². The molecule has 0 bridgehead atoms. The number of carbonyl (C=O) groups excluding carboxylic acids is 1. The maximum absolute atomic E-state index is 12.8. The molecule has 0 atom stereocenters. The Morgan fingerprint density at radius 2 is 1.73 bits per heavy atom. The zero-order chi connectivity index (χ0) is 21.7. The molecule has 3 aromatic rings. The maximum Gasteiger partial charge on any atom is 0.258 e. The third kappa shape index (κ3) is 4.43. The topological polar surface area (TPSA) is 91.6 Å². The van der Waals surface area contributed by atoms with E-state index in [1.54, 1.807) is 41.8 Å². The van der Waals surface area contributed by atoms with Gasteiger partial charge in [-0.2, -0.15) is 0 Å². The quantitative estimate of drug-likeness (QED) is 0.642. The highest BCUT2D eigenvalue weighted by atomic mass is 16.5. The highest BCUT2D eigenvalue weighted by molar-refractivity contribution is 5.96. The fourth-order valence-corrected chi connectivity index (χ4v) is 3.13. The molecule has 0 aliphatic rings. The molecule has 1 amide bonds. The summed E-state index contributed by atoms with van der Waals surface area (Å²) < 4.78 is 13.2. The summed E-state index contributed by atoms with van der Waals surface area (Å²) in [5.41, 5.74) is 1.06. The smallest absolute Gasteiger partial charge is 0.258 e. The van der Waals surface area contributed by atoms with Gasteiger partial charge < -0.3 is 19.4 Å². The lowest BCUT2D eigenvalue weighted by molar-refractivity contribution is 0.0948. The second kappa shape index (κ2) is 9.13. The Balaban J connectivity index is 1.80. The minimum atomic E-state index is -0.407. The third-order valence-electron chi connectivity index (χ3n) is 4.68. The molecule has 1 aromatic carbocycles. The van der Waals surface area contributed by atoms with Crippen LogP contribution >= 0.6 is 0 Å². The first-order valence-corrected chi connectivity index (χ1v) is 9.34. The molecule has 2 aromatic heterocycles. The van der Waals surface area contributed by atoms with E-state index in [0.29, 0.717) is 18.0 Å². The molecule has 2 heterocycles. The van der Waals surface area contributed by atoms with E-state index in [9.17, 15) is 14.4 Å². The molecule has 30 heavy (non-hydrogen) atoms. The molecular formula is C22H23N3O5. The summed E-state index contributed by atoms with van der Waals surface area (Å²) >= 11 is 0. The predicted molar refractivity (Wildman–Crippen MR) is 113 cm³/mol. The number of nitrogens with zero attached hydrogens (tertiary/aromatic N) is 2. The summed E-state index contributed by atoms with van der Waals surface area (Å²) in [7, 11) is 2.90. The molecule has 8 nitrogen and oxygen atoms in total. The number of carbonyl (C=O) groups is 1. The molecule has 0 aliphatic carbocycles. The van der Waals surface area contributed by atoms with Crippen LogP contribution in [-0.4, -0.2) is 35.8 Å². The fraction of sp³-hybridized carbons (Fsp3) is 0.227. The number of pyridine rings is 2. The average molecular weight is 409 g/mol. The first-order valence-electron chi connectivity index (χ1n) is 9.34. The molecule has 0 unspecified atom stereocenters. The number of hydrogen-bond donors (Lipinski definition) is 1. The van der Waals surface area contributed by atoms with Crippen LogP contribution < -0.4 is 25.9 Å². The van der Waals surface area contributed by atoms with Crippen LogP contribution in [0.4, 0.5) is 0 Å². The SMILES string of the molecule is COc1cc(C)n(CCNC(=O)c2cn(-c3ccccc3)c(=O)cc2OC)c(=O)c1. The van der Waals surface area contributed by atoms with E-state index in [2.05, 4.69) is 5.32 Å². The Hall–Kier alpha value is -3.81. The van der Waals surface area contributed by atoms with Crippen molar-refractivity contribution in [3.63, 3.8) is 0 Å². The number of hydrogen-bond acceptors (Lipinski definition) is 5. The van der Waals surface area contributed by atoms with Crippen molar-refractivity contribution in [2.75, 3.05) is 20.8 Å². The van der Waals surface area contributed by atoms with Gasteiger partial charge in [-0.3, -0.25) is 19.0 Å². The number of nitrogens with one attached hydrogen (secondary N) is 1. The lowest BCUT2D eigenvalue weighted by atomic mass is 10.2. The molecule has 3 rings (SSSR count). The molecular weight excluding hydrogens is 386 g/mol. The number of benzene rings is 1. The largest absolute Gasteiger partial charge is 0.496 e. The molecule has 0 saturated heterocycles. The number of para-hydroxylation sites is 1. The summed E-state index contributed by atoms with van der Waals surface area (Å²) in [6.07, 6.45) is 1.45. The lowest BCUT2D eigenvalue weighted by Crippen LogP contribution is -2.32. The van der Waals surface area contributed by atoms with Gasteiger partial charge in [0.1, 0.15) is 11.5 Å². The van der Waals surface area contributed by atoms with E-state index in [1.165, 1.54) is 37.1 Å². The Morgan fingerprint density at radius 1 is 1.00 bits per heavy atom. The van der Waals surface area contributed by atoms with Crippen LogP contribution in [0.1, 0.15) is 16.1 Å². The monoisotopic (exact) mass is 409 g/mol. The molecule has 8 heteroatoms. The minimum Gasteiger partial charge on any atom is -0.496 e. The standard InChI is InChI=1S/C22H23N3O5/c1-15-11-17(29-2)12-20(26)24(15)10-9-23-22(28)18-14-25(16-7-5-4-6-8-16)21(27)13-19(18)30-3/h4-8,11-14H,9-10H2,1-3H3,(H,23,28). The summed E-state index contributed by atoms with van der Waals surface area (Å²) in [6, 6.07) is 13.4. The Kier molecular flexibility index (Phi) is 6.36. The highest BCUT2D eigenvalue weighted by Gasteiger charge is 2.16. The first kappa shape index (κ1) is 20.9. The van der Waals surface area contributed by atoms with Crippen LogP contribution in [0.2, 0.25) is 0 Å². The Morgan fingerprint density at radius 3 is 2.37 bits per heavy atom. The van der Waals surface area contributed by atoms with Crippen LogP contribution in [-0.2, 0) is 6.54 Å². The number of aromatic nitrogens is 2. The highest BCUT2D eigenvalue weighted by Crippen LogP contribution is 2.17. The van der Waals surface area contributed by atoms with Gasteiger partial charge in [-0.05, 0) is 25.1 Å². The van der Waals surface area contributed by atoms with Crippen molar-refractivity contribution < 1.29 is 14.3 Å². The summed E-state index contributed by atoms with van der Waals surface area (Å²) in [5.74, 6) is 0.268. The normalized spacial score (nSPS) is 10.5. The van der Waals surface area contributed by atoms with Crippen LogP contribution in [0.5, 0.6) is 11.5 Å². The molecule has 0 radical (unpaired) electrons. The van der Waals surface area contributed by atoms with Crippen molar-refractivity contribution in [3.05, 3.63) is 86.7 Å². The zero-order valence-electron chi connectivity index (χ0n) is 17.0. The third-order valence-corrected chi connectivity index (χ3v) is 4.68. The van der Waals surface area contributed by atoms with E-state index >= 15 is 0 Å². The number of amides is 1. The minimum absolute atomic E-state index is 0.183. The van der Waals surface area contributed by atoms with E-state index in [4.69, 9.17) is 9.47 Å². The van der Waals surface area contributed by atoms with E-state index in [0.717, 1.165) is 5.69 Å². The second-order valence-electron chi connectivity index (χ2n) is 6.58. The van der Waals surface area contributed by atoms with Crippen LogP contribution in [0, 0.1) is 6.92 Å². The number of methoxy groups -OCH3 is 2. The van der Waals surface area contributed by atoms with Gasteiger partial charge in [0.05, 0.1) is 19.8 Å². The fourth-order valence-electron chi connectivity index (χ4n) is 3.13. The molecule has 0 saturated carbocycles. The molecule has 0 spiro atoms. The van der Waals surface area contributed by atoms with Gasteiger partial charge in [0.15, 0.2) is 0 Å². The molecule has 0 aliphatic heterocycles. The van der Waals surface area contributed by atoms with Crippen molar-refractivity contribution in [1.82, 2.24) is 14.5 Å². The zero-order valence-corrected chi connectivity index (χ0v) is 17.0. The van der Waals surface area contributed by atoms with Gasteiger partial charge >= 0.3 is 0 Å². The van der Waals surface area contributed by atoms with Crippen molar-refractivity contribution in [3.8, 4) is 17.2 Å². The number of ether oxygens (including phenoxy) is 2. The summed E-state index contributed by atoms with van der Waals surface area (Å²) in [4.78, 5) is 37.4. The Bertz CT molecular complexity index is 1170. The molecule has 0 fully saturated rings. The number of rotatable bonds is 7. The van der Waals surface area contributed by atoms with Gasteiger partial charge in [0, 0.05) is 42.8 Å². The van der Waals surface area contributed by atoms with E-state index < -0.39 is 5.91 Å². The molecule has 156 valence electrons. The summed E-state index contributed by atoms with van der Waals surface area (Å²) in [6.45, 7) is 2.31. The second-order valence-corrected chi connectivity index (χ2v) is 6.58. The van der Waals surface area contributed by atoms with E-state index in [-0.39, 0.29) is 29.0 Å². The lowest BCUT2D eigenvalue weighted by Gasteiger charge is -2.14. The van der Waals surface area contributed by atoms with Gasteiger partial charge in [0.2, 0.25) is 0 Å². The number of aryl methyl sites for hydroxylation is 1. The average Bonchev–Trinajstić information content (AvgIpc) is 2.75. The van der Waals surface area contributed by atoms with Crippen molar-refractivity contribution in [2.24, 2.45) is 0 Å². The van der Waals surface area contributed by atoms with Crippen LogP contribution in [0.25, 0.3) is 5.69 Å². The predicted octanol–water partition coefficient (Wildman–Crippen LogP) is 1.75. The van der Waals surface area contributed by atoms with Crippen molar-refractivity contribution in [2.45, 2.75) is 13.5 Å². The molecule has 1 N–H and O–H groups in total. The summed E-state index contributed by atoms with van der Waals surface area (Å²) in [5, 5.41) is 2.78. The van der Waals surface area contributed by atoms with Crippen molar-refractivity contribution >= 4 is 5.91 Å². The van der Waals surface area contributed by atoms with Crippen molar-refractivity contribution in [1.29, 1.82) is 0 Å². The first-order chi connectivity index (χ1) is 14.4. The van der Waals surface area contributed by atoms with E-state index in [1.807, 2.05) is 6.07 Å². The Labute approximate surface area is 173 Å². The van der Waals surface area contributed by atoms with Gasteiger partial charge in [-0.15, -0.1) is 0 Å².